The molecule has 0 amide bonds. The van der Waals surface area contributed by atoms with E-state index < -0.39 is 0 Å². The average Bonchev–Trinajstić information content (AvgIpc) is 3.28. The van der Waals surface area contributed by atoms with Crippen LogP contribution in [0.3, 0.4) is 0 Å². The molecule has 7 heteroatoms. The molecule has 1 atom stereocenters. The highest BCUT2D eigenvalue weighted by Gasteiger charge is 2.39. The molecule has 1 aromatic carbocycles. The molecule has 0 spiro atoms. The molecule has 0 fully saturated rings. The molecule has 6 nitrogen and oxygen atoms in total. The molecule has 146 valence electrons. The van der Waals surface area contributed by atoms with Gasteiger partial charge in [0.2, 0.25) is 5.71 Å². The summed E-state index contributed by atoms with van der Waals surface area (Å²) in [4.78, 5) is 13.6. The molecular weight excluding hydrogens is 373 g/mol. The standard InChI is InChI=1S/C23H20BN5O/c1-16-28(17-8-4-3-5-9-17)22-20(11-7-12-25-22)29(16)27-15-21-19(14-24(27)2)18-10-6-13-26-23(18)30-21/h3-16H,1-2H3/t16-/m0/s1. The number of furan rings is 1. The second kappa shape index (κ2) is 6.39. The van der Waals surface area contributed by atoms with Gasteiger partial charge in [-0.15, -0.1) is 0 Å². The number of nitrogens with zero attached hydrogens (tertiary/aromatic N) is 5. The van der Waals surface area contributed by atoms with Crippen molar-refractivity contribution in [2.75, 3.05) is 9.91 Å². The van der Waals surface area contributed by atoms with Crippen molar-refractivity contribution in [2.45, 2.75) is 19.9 Å². The Kier molecular flexibility index (Phi) is 3.65. The van der Waals surface area contributed by atoms with E-state index >= 15 is 0 Å². The van der Waals surface area contributed by atoms with Gasteiger partial charge in [0.05, 0.1) is 6.20 Å². The van der Waals surface area contributed by atoms with E-state index in [0.717, 1.165) is 33.2 Å². The fourth-order valence-electron chi connectivity index (χ4n) is 4.54. The van der Waals surface area contributed by atoms with Crippen molar-refractivity contribution in [2.24, 2.45) is 0 Å². The average molecular weight is 393 g/mol. The van der Waals surface area contributed by atoms with Crippen molar-refractivity contribution < 1.29 is 4.42 Å². The first-order valence-corrected chi connectivity index (χ1v) is 10.2. The molecule has 0 bridgehead atoms. The van der Waals surface area contributed by atoms with Gasteiger partial charge >= 0.3 is 6.85 Å². The van der Waals surface area contributed by atoms with E-state index in [1.165, 1.54) is 0 Å². The SMILES string of the molecule is CB1C=c2c(oc3ncccc23)=CN1N1c2cccnc2N(c2ccccc2)[C@@H]1C. The van der Waals surface area contributed by atoms with Crippen molar-refractivity contribution in [1.29, 1.82) is 0 Å². The van der Waals surface area contributed by atoms with Crippen LogP contribution in [0.4, 0.5) is 17.2 Å². The smallest absolute Gasteiger partial charge is 0.304 e. The summed E-state index contributed by atoms with van der Waals surface area (Å²) in [6, 6.07) is 18.5. The summed E-state index contributed by atoms with van der Waals surface area (Å²) in [7, 11) is 0. The first-order valence-electron chi connectivity index (χ1n) is 10.2. The number of anilines is 3. The van der Waals surface area contributed by atoms with Crippen LogP contribution in [0.1, 0.15) is 6.92 Å². The normalized spacial score (nSPS) is 17.6. The lowest BCUT2D eigenvalue weighted by Gasteiger charge is -2.40. The number of fused-ring (bicyclic) bond motifs is 4. The summed E-state index contributed by atoms with van der Waals surface area (Å²) in [5.41, 5.74) is 3.70. The maximum Gasteiger partial charge on any atom is 0.304 e. The molecule has 5 heterocycles. The topological polar surface area (TPSA) is 48.6 Å². The molecule has 0 N–H and O–H groups in total. The molecule has 2 aliphatic heterocycles. The molecule has 2 aliphatic rings. The van der Waals surface area contributed by atoms with Crippen LogP contribution in [0.25, 0.3) is 23.3 Å². The molecule has 0 radical (unpaired) electrons. The molecule has 0 unspecified atom stereocenters. The minimum atomic E-state index is 0.0495. The summed E-state index contributed by atoms with van der Waals surface area (Å²) >= 11 is 0. The van der Waals surface area contributed by atoms with Gasteiger partial charge in [-0.3, -0.25) is 5.01 Å². The lowest BCUT2D eigenvalue weighted by Crippen LogP contribution is -2.55. The van der Waals surface area contributed by atoms with Crippen LogP contribution in [0.15, 0.2) is 71.4 Å². The number of para-hydroxylation sites is 1. The van der Waals surface area contributed by atoms with Gasteiger partial charge < -0.3 is 14.2 Å². The third-order valence-electron chi connectivity index (χ3n) is 5.86. The van der Waals surface area contributed by atoms with Crippen LogP contribution in [-0.2, 0) is 0 Å². The van der Waals surface area contributed by atoms with E-state index in [1.54, 1.807) is 6.20 Å². The van der Waals surface area contributed by atoms with E-state index in [0.29, 0.717) is 5.71 Å². The Balaban J connectivity index is 1.51. The van der Waals surface area contributed by atoms with Crippen LogP contribution in [0.5, 0.6) is 0 Å². The number of benzene rings is 1. The maximum atomic E-state index is 6.07. The number of hydrogen-bond donors (Lipinski definition) is 0. The maximum absolute atomic E-state index is 6.07. The Bertz CT molecular complexity index is 1370. The zero-order valence-electron chi connectivity index (χ0n) is 16.8. The van der Waals surface area contributed by atoms with Crippen molar-refractivity contribution in [3.8, 4) is 0 Å². The van der Waals surface area contributed by atoms with E-state index in [1.807, 2.05) is 24.4 Å². The molecule has 4 aromatic rings. The van der Waals surface area contributed by atoms with Crippen molar-refractivity contribution in [3.05, 3.63) is 77.6 Å². The third kappa shape index (κ3) is 2.38. The lowest BCUT2D eigenvalue weighted by molar-refractivity contribution is 0.482. The van der Waals surface area contributed by atoms with Gasteiger partial charge in [-0.1, -0.05) is 31.0 Å². The molecule has 3 aromatic heterocycles. The quantitative estimate of drug-likeness (QED) is 0.488. The highest BCUT2D eigenvalue weighted by molar-refractivity contribution is 6.70. The summed E-state index contributed by atoms with van der Waals surface area (Å²) in [5, 5.41) is 4.46. The fraction of sp³-hybridized carbons (Fsp3) is 0.130. The van der Waals surface area contributed by atoms with Crippen LogP contribution >= 0.6 is 0 Å². The first kappa shape index (κ1) is 17.2. The Labute approximate surface area is 174 Å². The van der Waals surface area contributed by atoms with Gasteiger partial charge in [0.1, 0.15) is 11.9 Å². The predicted molar refractivity (Wildman–Crippen MR) is 120 cm³/mol. The van der Waals surface area contributed by atoms with Gasteiger partial charge in [0.15, 0.2) is 11.2 Å². The number of rotatable bonds is 2. The third-order valence-corrected chi connectivity index (χ3v) is 5.86. The zero-order valence-corrected chi connectivity index (χ0v) is 16.8. The number of aromatic nitrogens is 2. The van der Waals surface area contributed by atoms with Crippen molar-refractivity contribution in [3.63, 3.8) is 0 Å². The Morgan fingerprint density at radius 1 is 0.967 bits per heavy atom. The van der Waals surface area contributed by atoms with Gasteiger partial charge in [-0.05, 0) is 43.3 Å². The fourth-order valence-corrected chi connectivity index (χ4v) is 4.54. The van der Waals surface area contributed by atoms with Crippen LogP contribution in [0.2, 0.25) is 6.82 Å². The predicted octanol–water partition coefficient (Wildman–Crippen LogP) is 3.14. The first-order chi connectivity index (χ1) is 14.7. The van der Waals surface area contributed by atoms with E-state index in [2.05, 4.69) is 82.1 Å². The Hall–Kier alpha value is -3.74. The van der Waals surface area contributed by atoms with Crippen LogP contribution in [0, 0.1) is 0 Å². The van der Waals surface area contributed by atoms with Gasteiger partial charge in [-0.2, -0.15) is 0 Å². The second-order valence-corrected chi connectivity index (χ2v) is 7.68. The van der Waals surface area contributed by atoms with Crippen molar-refractivity contribution >= 4 is 47.3 Å². The summed E-state index contributed by atoms with van der Waals surface area (Å²) < 4.78 is 6.07. The molecule has 0 aliphatic carbocycles. The monoisotopic (exact) mass is 393 g/mol. The van der Waals surface area contributed by atoms with Crippen LogP contribution < -0.4 is 20.5 Å². The highest BCUT2D eigenvalue weighted by atomic mass is 16.3. The zero-order chi connectivity index (χ0) is 20.2. The van der Waals surface area contributed by atoms with E-state index in [9.17, 15) is 0 Å². The number of pyridine rings is 2. The summed E-state index contributed by atoms with van der Waals surface area (Å²) in [5.74, 6) is 3.20. The van der Waals surface area contributed by atoms with Crippen molar-refractivity contribution in [1.82, 2.24) is 14.9 Å². The molecular formula is C23H20BN5O. The Morgan fingerprint density at radius 2 is 1.77 bits per heavy atom. The minimum absolute atomic E-state index is 0.0495. The Morgan fingerprint density at radius 3 is 2.63 bits per heavy atom. The van der Waals surface area contributed by atoms with Crippen LogP contribution in [-0.4, -0.2) is 27.9 Å². The molecule has 6 rings (SSSR count). The largest absolute Gasteiger partial charge is 0.436 e. The van der Waals surface area contributed by atoms with Gasteiger partial charge in [0, 0.05) is 28.7 Å². The van der Waals surface area contributed by atoms with E-state index in [4.69, 9.17) is 9.40 Å². The summed E-state index contributed by atoms with van der Waals surface area (Å²) in [6.07, 6.45) is 5.75. The number of hydrazine groups is 1. The number of hydrogen-bond acceptors (Lipinski definition) is 6. The second-order valence-electron chi connectivity index (χ2n) is 7.68. The lowest BCUT2D eigenvalue weighted by atomic mass is 9.63. The van der Waals surface area contributed by atoms with Gasteiger partial charge in [0.25, 0.3) is 0 Å². The molecule has 0 saturated carbocycles. The summed E-state index contributed by atoms with van der Waals surface area (Å²) in [6.45, 7) is 4.54. The minimum Gasteiger partial charge on any atom is -0.436 e. The highest BCUT2D eigenvalue weighted by Crippen LogP contribution is 2.43. The van der Waals surface area contributed by atoms with Gasteiger partial charge in [-0.25, -0.2) is 9.97 Å². The molecule has 30 heavy (non-hydrogen) atoms. The van der Waals surface area contributed by atoms with E-state index in [-0.39, 0.29) is 13.0 Å². The molecule has 0 saturated heterocycles.